The number of nitrogens with one attached hydrogen (secondary N) is 1. The number of halogens is 1. The molecule has 0 saturated carbocycles. The second-order valence-corrected chi connectivity index (χ2v) is 5.84. The molecule has 118 valence electrons. The summed E-state index contributed by atoms with van der Waals surface area (Å²) in [7, 11) is 1.29. The Labute approximate surface area is 134 Å². The zero-order chi connectivity index (χ0) is 16.3. The topological polar surface area (TPSA) is 58.6 Å². The monoisotopic (exact) mass is 322 g/mol. The van der Waals surface area contributed by atoms with Crippen LogP contribution in [-0.4, -0.2) is 36.6 Å². The number of hydrogen-bond donors (Lipinski definition) is 1. The molecule has 0 radical (unpaired) electrons. The van der Waals surface area contributed by atoms with Crippen LogP contribution in [0.3, 0.4) is 0 Å². The van der Waals surface area contributed by atoms with Gasteiger partial charge in [-0.15, -0.1) is 0 Å². The van der Waals surface area contributed by atoms with Crippen molar-refractivity contribution in [3.8, 4) is 0 Å². The van der Waals surface area contributed by atoms with Gasteiger partial charge >= 0.3 is 12.0 Å². The SMILES string of the molecule is COC(=O)c1ccc(NC(=O)N2CC=CC2C(C)C)cc1Cl. The van der Waals surface area contributed by atoms with E-state index >= 15 is 0 Å². The number of hydrogen-bond acceptors (Lipinski definition) is 3. The highest BCUT2D eigenvalue weighted by Gasteiger charge is 2.27. The maximum absolute atomic E-state index is 12.4. The van der Waals surface area contributed by atoms with Gasteiger partial charge in [-0.2, -0.15) is 0 Å². The molecule has 0 aromatic heterocycles. The molecule has 0 spiro atoms. The molecule has 1 aliphatic heterocycles. The Kier molecular flexibility index (Phi) is 5.08. The minimum absolute atomic E-state index is 0.0878. The van der Waals surface area contributed by atoms with Gasteiger partial charge in [0.25, 0.3) is 0 Å². The predicted molar refractivity (Wildman–Crippen MR) is 86.3 cm³/mol. The summed E-state index contributed by atoms with van der Waals surface area (Å²) >= 11 is 6.05. The zero-order valence-electron chi connectivity index (χ0n) is 12.8. The number of anilines is 1. The van der Waals surface area contributed by atoms with Crippen molar-refractivity contribution in [3.63, 3.8) is 0 Å². The first-order chi connectivity index (χ1) is 10.4. The molecule has 2 amide bonds. The quantitative estimate of drug-likeness (QED) is 0.684. The van der Waals surface area contributed by atoms with E-state index in [2.05, 4.69) is 23.9 Å². The van der Waals surface area contributed by atoms with Crippen LogP contribution in [0.5, 0.6) is 0 Å². The molecular formula is C16H19ClN2O3. The maximum atomic E-state index is 12.4. The van der Waals surface area contributed by atoms with Crippen molar-refractivity contribution in [2.24, 2.45) is 5.92 Å². The van der Waals surface area contributed by atoms with Gasteiger partial charge in [0.2, 0.25) is 0 Å². The smallest absolute Gasteiger partial charge is 0.339 e. The van der Waals surface area contributed by atoms with E-state index < -0.39 is 5.97 Å². The average molecular weight is 323 g/mol. The fourth-order valence-corrected chi connectivity index (χ4v) is 2.66. The standard InChI is InChI=1S/C16H19ClN2O3/c1-10(2)14-5-4-8-19(14)16(21)18-11-6-7-12(13(17)9-11)15(20)22-3/h4-7,9-10,14H,8H2,1-3H3,(H,18,21). The van der Waals surface area contributed by atoms with Crippen LogP contribution in [-0.2, 0) is 4.74 Å². The number of methoxy groups -OCH3 is 1. The summed E-state index contributed by atoms with van der Waals surface area (Å²) in [5.41, 5.74) is 0.808. The molecule has 5 nitrogen and oxygen atoms in total. The maximum Gasteiger partial charge on any atom is 0.339 e. The fraction of sp³-hybridized carbons (Fsp3) is 0.375. The highest BCUT2D eigenvalue weighted by Crippen LogP contribution is 2.23. The van der Waals surface area contributed by atoms with Gasteiger partial charge in [0, 0.05) is 12.2 Å². The lowest BCUT2D eigenvalue weighted by molar-refractivity contribution is 0.0601. The lowest BCUT2D eigenvalue weighted by Gasteiger charge is -2.27. The summed E-state index contributed by atoms with van der Waals surface area (Å²) in [6.07, 6.45) is 4.02. The Morgan fingerprint density at radius 2 is 2.14 bits per heavy atom. The molecule has 1 aromatic rings. The number of urea groups is 1. The lowest BCUT2D eigenvalue weighted by atomic mass is 10.1. The molecule has 1 N–H and O–H groups in total. The second kappa shape index (κ2) is 6.83. The highest BCUT2D eigenvalue weighted by molar-refractivity contribution is 6.33. The number of carbonyl (C=O) groups is 2. The van der Waals surface area contributed by atoms with E-state index in [1.54, 1.807) is 17.0 Å². The van der Waals surface area contributed by atoms with Gasteiger partial charge < -0.3 is 15.0 Å². The summed E-state index contributed by atoms with van der Waals surface area (Å²) in [4.78, 5) is 25.6. The number of ether oxygens (including phenoxy) is 1. The summed E-state index contributed by atoms with van der Waals surface area (Å²) in [6.45, 7) is 4.73. The molecule has 1 unspecified atom stereocenters. The molecule has 0 saturated heterocycles. The van der Waals surface area contributed by atoms with Crippen LogP contribution in [0.2, 0.25) is 5.02 Å². The molecule has 1 heterocycles. The van der Waals surface area contributed by atoms with Gasteiger partial charge in [-0.25, -0.2) is 9.59 Å². The first-order valence-corrected chi connectivity index (χ1v) is 7.44. The van der Waals surface area contributed by atoms with Crippen LogP contribution in [0.4, 0.5) is 10.5 Å². The second-order valence-electron chi connectivity index (χ2n) is 5.43. The number of amides is 2. The minimum Gasteiger partial charge on any atom is -0.465 e. The van der Waals surface area contributed by atoms with Crippen molar-refractivity contribution in [3.05, 3.63) is 40.9 Å². The van der Waals surface area contributed by atoms with E-state index in [9.17, 15) is 9.59 Å². The molecule has 0 bridgehead atoms. The van der Waals surface area contributed by atoms with Crippen molar-refractivity contribution in [2.45, 2.75) is 19.9 Å². The van der Waals surface area contributed by atoms with Crippen LogP contribution < -0.4 is 5.32 Å². The molecule has 1 aromatic carbocycles. The van der Waals surface area contributed by atoms with Gasteiger partial charge in [0.1, 0.15) is 0 Å². The van der Waals surface area contributed by atoms with Crippen LogP contribution in [0.1, 0.15) is 24.2 Å². The van der Waals surface area contributed by atoms with E-state index in [0.717, 1.165) is 0 Å². The van der Waals surface area contributed by atoms with Crippen LogP contribution in [0.15, 0.2) is 30.4 Å². The molecule has 1 atom stereocenters. The van der Waals surface area contributed by atoms with Gasteiger partial charge in [-0.05, 0) is 24.1 Å². The Morgan fingerprint density at radius 3 is 2.73 bits per heavy atom. The van der Waals surface area contributed by atoms with Crippen molar-refractivity contribution < 1.29 is 14.3 Å². The molecule has 0 fully saturated rings. The fourth-order valence-electron chi connectivity index (χ4n) is 2.40. The van der Waals surface area contributed by atoms with Gasteiger partial charge in [-0.3, -0.25) is 0 Å². The van der Waals surface area contributed by atoms with Crippen molar-refractivity contribution in [1.29, 1.82) is 0 Å². The molecule has 2 rings (SSSR count). The Bertz CT molecular complexity index is 613. The Morgan fingerprint density at radius 1 is 1.41 bits per heavy atom. The molecule has 6 heteroatoms. The van der Waals surface area contributed by atoms with Crippen molar-refractivity contribution in [2.75, 3.05) is 19.0 Å². The number of carbonyl (C=O) groups excluding carboxylic acids is 2. The van der Waals surface area contributed by atoms with Gasteiger partial charge in [-0.1, -0.05) is 37.6 Å². The Balaban J connectivity index is 2.09. The van der Waals surface area contributed by atoms with E-state index in [1.165, 1.54) is 13.2 Å². The summed E-state index contributed by atoms with van der Waals surface area (Å²) in [6, 6.07) is 4.60. The van der Waals surface area contributed by atoms with E-state index in [4.69, 9.17) is 11.6 Å². The number of rotatable bonds is 3. The molecule has 1 aliphatic rings. The highest BCUT2D eigenvalue weighted by atomic mass is 35.5. The van der Waals surface area contributed by atoms with Crippen molar-refractivity contribution in [1.82, 2.24) is 4.90 Å². The Hall–Kier alpha value is -2.01. The largest absolute Gasteiger partial charge is 0.465 e. The average Bonchev–Trinajstić information content (AvgIpc) is 2.96. The predicted octanol–water partition coefficient (Wildman–Crippen LogP) is 3.55. The van der Waals surface area contributed by atoms with Gasteiger partial charge in [0.05, 0.1) is 23.7 Å². The summed E-state index contributed by atoms with van der Waals surface area (Å²) in [5, 5.41) is 3.04. The first-order valence-electron chi connectivity index (χ1n) is 7.06. The third-order valence-corrected chi connectivity index (χ3v) is 3.88. The zero-order valence-corrected chi connectivity index (χ0v) is 13.6. The molecule has 0 aliphatic carbocycles. The third-order valence-electron chi connectivity index (χ3n) is 3.56. The van der Waals surface area contributed by atoms with E-state index in [0.29, 0.717) is 18.2 Å². The van der Waals surface area contributed by atoms with Crippen molar-refractivity contribution >= 4 is 29.3 Å². The van der Waals surface area contributed by atoms with Crippen LogP contribution >= 0.6 is 11.6 Å². The van der Waals surface area contributed by atoms with Gasteiger partial charge in [0.15, 0.2) is 0 Å². The summed E-state index contributed by atoms with van der Waals surface area (Å²) in [5.74, 6) is -0.165. The van der Waals surface area contributed by atoms with Crippen LogP contribution in [0, 0.1) is 5.92 Å². The summed E-state index contributed by atoms with van der Waals surface area (Å²) < 4.78 is 4.63. The lowest BCUT2D eigenvalue weighted by Crippen LogP contribution is -2.41. The van der Waals surface area contributed by atoms with E-state index in [-0.39, 0.29) is 22.7 Å². The molecular weight excluding hydrogens is 304 g/mol. The molecule has 22 heavy (non-hydrogen) atoms. The first kappa shape index (κ1) is 16.4. The van der Waals surface area contributed by atoms with Crippen LogP contribution in [0.25, 0.3) is 0 Å². The number of nitrogens with zero attached hydrogens (tertiary/aromatic N) is 1. The van der Waals surface area contributed by atoms with E-state index in [1.807, 2.05) is 12.2 Å². The minimum atomic E-state index is -0.508. The normalized spacial score (nSPS) is 17.0. The number of esters is 1. The number of benzene rings is 1. The third kappa shape index (κ3) is 3.42.